The summed E-state index contributed by atoms with van der Waals surface area (Å²) in [6.45, 7) is 9.66. The van der Waals surface area contributed by atoms with E-state index >= 15 is 0 Å². The van der Waals surface area contributed by atoms with Crippen molar-refractivity contribution in [2.45, 2.75) is 27.7 Å². The first kappa shape index (κ1) is 16.3. The Morgan fingerprint density at radius 3 is 2.45 bits per heavy atom. The van der Waals surface area contributed by atoms with E-state index in [1.807, 2.05) is 0 Å². The van der Waals surface area contributed by atoms with E-state index in [2.05, 4.69) is 38.0 Å². The lowest BCUT2D eigenvalue weighted by Gasteiger charge is -2.25. The number of anilines is 2. The minimum absolute atomic E-state index is 0.326. The fourth-order valence-corrected chi connectivity index (χ4v) is 2.31. The van der Waals surface area contributed by atoms with Crippen molar-refractivity contribution in [2.75, 3.05) is 24.7 Å². The smallest absolute Gasteiger partial charge is 0.340 e. The molecular formula is C15H25N3O2. The van der Waals surface area contributed by atoms with Crippen LogP contribution in [0.3, 0.4) is 0 Å². The third-order valence-corrected chi connectivity index (χ3v) is 3.57. The van der Waals surface area contributed by atoms with Crippen LogP contribution in [-0.2, 0) is 4.74 Å². The van der Waals surface area contributed by atoms with Crippen molar-refractivity contribution >= 4 is 17.5 Å². The van der Waals surface area contributed by atoms with E-state index < -0.39 is 5.97 Å². The van der Waals surface area contributed by atoms with E-state index in [-0.39, 0.29) is 0 Å². The van der Waals surface area contributed by atoms with Crippen LogP contribution >= 0.6 is 0 Å². The highest BCUT2D eigenvalue weighted by Gasteiger charge is 2.18. The molecule has 0 radical (unpaired) electrons. The summed E-state index contributed by atoms with van der Waals surface area (Å²) in [5.41, 5.74) is 6.40. The third kappa shape index (κ3) is 4.11. The molecule has 1 rings (SSSR count). The predicted molar refractivity (Wildman–Crippen MR) is 81.6 cm³/mol. The number of aromatic nitrogens is 1. The van der Waals surface area contributed by atoms with E-state index in [1.54, 1.807) is 6.07 Å². The fourth-order valence-electron chi connectivity index (χ4n) is 2.31. The van der Waals surface area contributed by atoms with Gasteiger partial charge in [0.05, 0.1) is 24.6 Å². The summed E-state index contributed by atoms with van der Waals surface area (Å²) >= 11 is 0. The lowest BCUT2D eigenvalue weighted by Crippen LogP contribution is -2.25. The molecule has 5 nitrogen and oxygen atoms in total. The standard InChI is InChI=1S/C15H25N3O2/c1-9(2)12(10(3)4)7-17-14-6-11(15(19)20-5)13(16)8-18-14/h6,8-10,12H,7,16H2,1-5H3,(H,17,18). The Kier molecular flexibility index (Phi) is 5.80. The SMILES string of the molecule is COC(=O)c1cc(NCC(C(C)C)C(C)C)ncc1N. The molecular weight excluding hydrogens is 254 g/mol. The number of pyridine rings is 1. The van der Waals surface area contributed by atoms with Crippen LogP contribution < -0.4 is 11.1 Å². The lowest BCUT2D eigenvalue weighted by molar-refractivity contribution is 0.0602. The number of rotatable bonds is 6. The van der Waals surface area contributed by atoms with Crippen molar-refractivity contribution in [1.29, 1.82) is 0 Å². The molecule has 0 aliphatic rings. The van der Waals surface area contributed by atoms with Gasteiger partial charge in [0.1, 0.15) is 5.82 Å². The Bertz CT molecular complexity index is 450. The maximum absolute atomic E-state index is 11.6. The Hall–Kier alpha value is -1.78. The van der Waals surface area contributed by atoms with Crippen LogP contribution in [0.15, 0.2) is 12.3 Å². The van der Waals surface area contributed by atoms with Crippen LogP contribution in [0.25, 0.3) is 0 Å². The Labute approximate surface area is 120 Å². The maximum atomic E-state index is 11.6. The van der Waals surface area contributed by atoms with Gasteiger partial charge in [-0.15, -0.1) is 0 Å². The molecule has 0 saturated carbocycles. The molecule has 0 atom stereocenters. The molecule has 0 aliphatic heterocycles. The molecule has 0 fully saturated rings. The Morgan fingerprint density at radius 2 is 1.95 bits per heavy atom. The molecule has 0 spiro atoms. The highest BCUT2D eigenvalue weighted by molar-refractivity contribution is 5.95. The minimum atomic E-state index is -0.447. The number of ether oxygens (including phenoxy) is 1. The average molecular weight is 279 g/mol. The van der Waals surface area contributed by atoms with Crippen molar-refractivity contribution in [3.8, 4) is 0 Å². The molecule has 0 bridgehead atoms. The molecule has 112 valence electrons. The molecule has 0 aliphatic carbocycles. The van der Waals surface area contributed by atoms with E-state index in [9.17, 15) is 4.79 Å². The van der Waals surface area contributed by atoms with Crippen LogP contribution in [0.2, 0.25) is 0 Å². The van der Waals surface area contributed by atoms with Crippen LogP contribution in [-0.4, -0.2) is 24.6 Å². The van der Waals surface area contributed by atoms with Gasteiger partial charge in [-0.05, 0) is 23.8 Å². The molecule has 0 aromatic carbocycles. The van der Waals surface area contributed by atoms with Crippen molar-refractivity contribution in [1.82, 2.24) is 4.98 Å². The summed E-state index contributed by atoms with van der Waals surface area (Å²) in [5.74, 6) is 1.90. The highest BCUT2D eigenvalue weighted by atomic mass is 16.5. The van der Waals surface area contributed by atoms with E-state index in [0.29, 0.717) is 34.8 Å². The number of nitrogens with two attached hydrogens (primary N) is 1. The maximum Gasteiger partial charge on any atom is 0.340 e. The number of carbonyl (C=O) groups excluding carboxylic acids is 1. The van der Waals surface area contributed by atoms with E-state index in [4.69, 9.17) is 10.5 Å². The number of nitrogens with zero attached hydrogens (tertiary/aromatic N) is 1. The van der Waals surface area contributed by atoms with Gasteiger partial charge in [-0.3, -0.25) is 0 Å². The first-order valence-electron chi connectivity index (χ1n) is 6.94. The van der Waals surface area contributed by atoms with E-state index in [1.165, 1.54) is 13.3 Å². The molecule has 0 saturated heterocycles. The largest absolute Gasteiger partial charge is 0.465 e. The van der Waals surface area contributed by atoms with Crippen LogP contribution in [0.4, 0.5) is 11.5 Å². The summed E-state index contributed by atoms with van der Waals surface area (Å²) in [4.78, 5) is 15.8. The summed E-state index contributed by atoms with van der Waals surface area (Å²) in [5, 5.41) is 3.28. The zero-order chi connectivity index (χ0) is 15.3. The zero-order valence-corrected chi connectivity index (χ0v) is 12.9. The Morgan fingerprint density at radius 1 is 1.35 bits per heavy atom. The summed E-state index contributed by atoms with van der Waals surface area (Å²) in [6.07, 6.45) is 1.48. The van der Waals surface area contributed by atoms with Crippen LogP contribution in [0.1, 0.15) is 38.1 Å². The molecule has 0 unspecified atom stereocenters. The molecule has 1 aromatic rings. The second-order valence-corrected chi connectivity index (χ2v) is 5.68. The van der Waals surface area contributed by atoms with Crippen LogP contribution in [0, 0.1) is 17.8 Å². The van der Waals surface area contributed by atoms with Crippen molar-refractivity contribution in [3.05, 3.63) is 17.8 Å². The third-order valence-electron chi connectivity index (χ3n) is 3.57. The van der Waals surface area contributed by atoms with Crippen molar-refractivity contribution < 1.29 is 9.53 Å². The molecule has 1 aromatic heterocycles. The van der Waals surface area contributed by atoms with Gasteiger partial charge in [0.15, 0.2) is 0 Å². The molecule has 20 heavy (non-hydrogen) atoms. The summed E-state index contributed by atoms with van der Waals surface area (Å²) in [7, 11) is 1.34. The first-order chi connectivity index (χ1) is 9.36. The summed E-state index contributed by atoms with van der Waals surface area (Å²) < 4.78 is 4.70. The molecule has 5 heteroatoms. The highest BCUT2D eigenvalue weighted by Crippen LogP contribution is 2.22. The van der Waals surface area contributed by atoms with Crippen LogP contribution in [0.5, 0.6) is 0 Å². The number of hydrogen-bond donors (Lipinski definition) is 2. The molecule has 1 heterocycles. The van der Waals surface area contributed by atoms with E-state index in [0.717, 1.165) is 6.54 Å². The number of carbonyl (C=O) groups is 1. The van der Waals surface area contributed by atoms with Gasteiger partial charge in [0.25, 0.3) is 0 Å². The first-order valence-corrected chi connectivity index (χ1v) is 6.94. The van der Waals surface area contributed by atoms with Gasteiger partial charge in [0.2, 0.25) is 0 Å². The topological polar surface area (TPSA) is 77.2 Å². The second kappa shape index (κ2) is 7.12. The predicted octanol–water partition coefficient (Wildman–Crippen LogP) is 2.79. The number of esters is 1. The number of nitrogen functional groups attached to an aromatic ring is 1. The molecule has 3 N–H and O–H groups in total. The van der Waals surface area contributed by atoms with Gasteiger partial charge in [-0.2, -0.15) is 0 Å². The average Bonchev–Trinajstić information content (AvgIpc) is 2.39. The number of nitrogens with one attached hydrogen (secondary N) is 1. The van der Waals surface area contributed by atoms with Gasteiger partial charge >= 0.3 is 5.97 Å². The van der Waals surface area contributed by atoms with Gasteiger partial charge in [-0.1, -0.05) is 27.7 Å². The van der Waals surface area contributed by atoms with Crippen molar-refractivity contribution in [2.24, 2.45) is 17.8 Å². The van der Waals surface area contributed by atoms with Crippen molar-refractivity contribution in [3.63, 3.8) is 0 Å². The fraction of sp³-hybridized carbons (Fsp3) is 0.600. The normalized spacial score (nSPS) is 11.2. The van der Waals surface area contributed by atoms with Gasteiger partial charge in [-0.25, -0.2) is 9.78 Å². The Balaban J connectivity index is 2.81. The van der Waals surface area contributed by atoms with Gasteiger partial charge in [0, 0.05) is 6.54 Å². The summed E-state index contributed by atoms with van der Waals surface area (Å²) in [6, 6.07) is 1.64. The second-order valence-electron chi connectivity index (χ2n) is 5.68. The monoisotopic (exact) mass is 279 g/mol. The molecule has 0 amide bonds. The number of hydrogen-bond acceptors (Lipinski definition) is 5. The lowest BCUT2D eigenvalue weighted by atomic mass is 9.85. The minimum Gasteiger partial charge on any atom is -0.465 e. The quantitative estimate of drug-likeness (QED) is 0.783. The zero-order valence-electron chi connectivity index (χ0n) is 12.9. The number of methoxy groups -OCH3 is 1. The van der Waals surface area contributed by atoms with Gasteiger partial charge < -0.3 is 15.8 Å².